The average Bonchev–Trinajstić information content (AvgIpc) is 3.22. The second kappa shape index (κ2) is 10.7. The summed E-state index contributed by atoms with van der Waals surface area (Å²) in [6.45, 7) is 10.3. The van der Waals surface area contributed by atoms with E-state index in [0.29, 0.717) is 11.7 Å². The van der Waals surface area contributed by atoms with Gasteiger partial charge in [0.05, 0.1) is 11.4 Å². The van der Waals surface area contributed by atoms with Gasteiger partial charge in [0.25, 0.3) is 5.56 Å². The largest absolute Gasteiger partial charge is 0.383 e. The van der Waals surface area contributed by atoms with E-state index in [0.717, 1.165) is 11.3 Å². The Hall–Kier alpha value is -3.34. The molecule has 11 heteroatoms. The molecule has 3 N–H and O–H groups in total. The number of rotatable bonds is 9. The molecule has 0 aliphatic carbocycles. The van der Waals surface area contributed by atoms with E-state index in [9.17, 15) is 14.4 Å². The quantitative estimate of drug-likeness (QED) is 0.445. The summed E-state index contributed by atoms with van der Waals surface area (Å²) in [5, 5.41) is 8.71. The summed E-state index contributed by atoms with van der Waals surface area (Å²) in [5.74, 6) is -0.126. The number of benzene rings is 1. The topological polar surface area (TPSA) is 132 Å². The molecule has 0 saturated heterocycles. The monoisotopic (exact) mass is 485 g/mol. The molecule has 2 heterocycles. The highest BCUT2D eigenvalue weighted by Gasteiger charge is 2.26. The molecule has 0 atom stereocenters. The molecular formula is C23H31N7O3S. The molecule has 0 aliphatic rings. The Morgan fingerprint density at radius 3 is 2.53 bits per heavy atom. The van der Waals surface area contributed by atoms with E-state index in [4.69, 9.17) is 5.73 Å². The number of nitrogens with zero attached hydrogens (tertiary/aromatic N) is 5. The first-order chi connectivity index (χ1) is 16.1. The minimum Gasteiger partial charge on any atom is -0.383 e. The van der Waals surface area contributed by atoms with E-state index in [1.165, 1.54) is 21.2 Å². The first kappa shape index (κ1) is 25.3. The molecule has 1 aromatic carbocycles. The molecule has 0 radical (unpaired) electrons. The van der Waals surface area contributed by atoms with Crippen LogP contribution in [-0.4, -0.2) is 42.5 Å². The van der Waals surface area contributed by atoms with Crippen LogP contribution in [0.5, 0.6) is 0 Å². The number of anilines is 2. The summed E-state index contributed by atoms with van der Waals surface area (Å²) in [5.41, 5.74) is 6.97. The van der Waals surface area contributed by atoms with Crippen LogP contribution in [0.1, 0.15) is 33.3 Å². The third kappa shape index (κ3) is 5.58. The summed E-state index contributed by atoms with van der Waals surface area (Å²) in [6.07, 6.45) is 1.60. The first-order valence-electron chi connectivity index (χ1n) is 11.1. The number of hydrogen-bond acceptors (Lipinski definition) is 7. The van der Waals surface area contributed by atoms with Crippen LogP contribution in [0.2, 0.25) is 0 Å². The molecule has 0 aliphatic heterocycles. The number of carbonyl (C=O) groups is 1. The molecule has 1 amide bonds. The number of aryl methyl sites for hydroxylation is 1. The van der Waals surface area contributed by atoms with Crippen molar-refractivity contribution in [2.24, 2.45) is 11.8 Å². The number of para-hydroxylation sites is 1. The van der Waals surface area contributed by atoms with Crippen molar-refractivity contribution in [1.82, 2.24) is 24.3 Å². The number of nitrogen functional groups attached to an aromatic ring is 1. The van der Waals surface area contributed by atoms with Crippen LogP contribution in [0.3, 0.4) is 0 Å². The Morgan fingerprint density at radius 1 is 1.18 bits per heavy atom. The molecule has 0 unspecified atom stereocenters. The molecule has 0 saturated carbocycles. The lowest BCUT2D eigenvalue weighted by atomic mass is 10.2. The van der Waals surface area contributed by atoms with E-state index in [2.05, 4.69) is 15.2 Å². The second-order valence-corrected chi connectivity index (χ2v) is 9.90. The van der Waals surface area contributed by atoms with Crippen LogP contribution in [0.15, 0.2) is 45.3 Å². The molecule has 182 valence electrons. The van der Waals surface area contributed by atoms with Crippen LogP contribution in [0.4, 0.5) is 11.5 Å². The fourth-order valence-electron chi connectivity index (χ4n) is 3.59. The van der Waals surface area contributed by atoms with Gasteiger partial charge in [-0.15, -0.1) is 10.2 Å². The van der Waals surface area contributed by atoms with Gasteiger partial charge in [-0.3, -0.25) is 23.7 Å². The Morgan fingerprint density at radius 2 is 1.88 bits per heavy atom. The zero-order chi connectivity index (χ0) is 25.0. The number of aromatic nitrogens is 5. The standard InChI is InChI=1S/C23H31N7O3S/c1-14(2)10-28(19-20(24)29(11-15(3)4)22(33)26-21(19)32)18(31)12-34-23-27-25-13-30(23)17-9-7-6-8-16(17)5/h6-9,13-15H,10-12,24H2,1-5H3,(H,26,32,33). The fraction of sp³-hybridized carbons (Fsp3) is 0.435. The van der Waals surface area contributed by atoms with Crippen LogP contribution >= 0.6 is 11.8 Å². The Bertz CT molecular complexity index is 1280. The highest BCUT2D eigenvalue weighted by Crippen LogP contribution is 2.24. The highest BCUT2D eigenvalue weighted by atomic mass is 32.2. The van der Waals surface area contributed by atoms with E-state index in [-0.39, 0.29) is 41.5 Å². The molecule has 2 aromatic heterocycles. The number of nitrogens with two attached hydrogens (primary N) is 1. The van der Waals surface area contributed by atoms with Crippen LogP contribution < -0.4 is 21.9 Å². The SMILES string of the molecule is Cc1ccccc1-n1cnnc1SCC(=O)N(CC(C)C)c1c(N)n(CC(C)C)c(=O)[nH]c1=O. The maximum atomic E-state index is 13.4. The number of nitrogens with one attached hydrogen (secondary N) is 1. The van der Waals surface area contributed by atoms with Crippen molar-refractivity contribution < 1.29 is 4.79 Å². The van der Waals surface area contributed by atoms with Gasteiger partial charge in [0, 0.05) is 13.1 Å². The maximum absolute atomic E-state index is 13.4. The third-order valence-electron chi connectivity index (χ3n) is 5.10. The van der Waals surface area contributed by atoms with E-state index in [1.807, 2.05) is 63.5 Å². The van der Waals surface area contributed by atoms with Crippen LogP contribution in [0.25, 0.3) is 5.69 Å². The molecule has 3 aromatic rings. The van der Waals surface area contributed by atoms with Crippen LogP contribution in [0, 0.1) is 18.8 Å². The van der Waals surface area contributed by atoms with Gasteiger partial charge >= 0.3 is 5.69 Å². The zero-order valence-corrected chi connectivity index (χ0v) is 20.9. The minimum absolute atomic E-state index is 0.0000735. The van der Waals surface area contributed by atoms with Crippen molar-refractivity contribution in [3.05, 3.63) is 57.0 Å². The number of H-pyrrole nitrogens is 1. The van der Waals surface area contributed by atoms with Gasteiger partial charge in [-0.05, 0) is 30.4 Å². The summed E-state index contributed by atoms with van der Waals surface area (Å²) in [7, 11) is 0. The van der Waals surface area contributed by atoms with Crippen molar-refractivity contribution >= 4 is 29.2 Å². The second-order valence-electron chi connectivity index (χ2n) is 8.95. The Balaban J connectivity index is 1.92. The summed E-state index contributed by atoms with van der Waals surface area (Å²) >= 11 is 1.22. The van der Waals surface area contributed by atoms with Crippen molar-refractivity contribution in [3.63, 3.8) is 0 Å². The zero-order valence-electron chi connectivity index (χ0n) is 20.1. The van der Waals surface area contributed by atoms with E-state index >= 15 is 0 Å². The Kier molecular flexibility index (Phi) is 7.98. The smallest absolute Gasteiger partial charge is 0.330 e. The van der Waals surface area contributed by atoms with Crippen molar-refractivity contribution in [2.75, 3.05) is 22.9 Å². The summed E-state index contributed by atoms with van der Waals surface area (Å²) in [4.78, 5) is 42.2. The molecule has 0 spiro atoms. The molecule has 10 nitrogen and oxygen atoms in total. The number of hydrogen-bond donors (Lipinski definition) is 2. The van der Waals surface area contributed by atoms with Gasteiger partial charge in [-0.1, -0.05) is 57.7 Å². The number of amides is 1. The predicted octanol–water partition coefficient (Wildman–Crippen LogP) is 2.45. The normalized spacial score (nSPS) is 11.4. The van der Waals surface area contributed by atoms with Gasteiger partial charge < -0.3 is 10.6 Å². The fourth-order valence-corrected chi connectivity index (χ4v) is 4.39. The van der Waals surface area contributed by atoms with E-state index < -0.39 is 11.2 Å². The van der Waals surface area contributed by atoms with Gasteiger partial charge in [-0.2, -0.15) is 0 Å². The lowest BCUT2D eigenvalue weighted by Gasteiger charge is -2.26. The number of thioether (sulfide) groups is 1. The lowest BCUT2D eigenvalue weighted by Crippen LogP contribution is -2.43. The Labute approximate surface area is 202 Å². The first-order valence-corrected chi connectivity index (χ1v) is 12.1. The van der Waals surface area contributed by atoms with Gasteiger partial charge in [0.2, 0.25) is 5.91 Å². The molecule has 0 fully saturated rings. The predicted molar refractivity (Wildman–Crippen MR) is 135 cm³/mol. The van der Waals surface area contributed by atoms with Gasteiger partial charge in [-0.25, -0.2) is 4.79 Å². The summed E-state index contributed by atoms with van der Waals surface area (Å²) in [6, 6.07) is 7.81. The van der Waals surface area contributed by atoms with Crippen LogP contribution in [-0.2, 0) is 11.3 Å². The molecular weight excluding hydrogens is 454 g/mol. The number of aromatic amines is 1. The average molecular weight is 486 g/mol. The van der Waals surface area contributed by atoms with Crippen molar-refractivity contribution in [1.29, 1.82) is 0 Å². The highest BCUT2D eigenvalue weighted by molar-refractivity contribution is 7.99. The maximum Gasteiger partial charge on any atom is 0.330 e. The lowest BCUT2D eigenvalue weighted by molar-refractivity contribution is -0.116. The van der Waals surface area contributed by atoms with Crippen molar-refractivity contribution in [2.45, 2.75) is 46.3 Å². The molecule has 0 bridgehead atoms. The molecule has 34 heavy (non-hydrogen) atoms. The van der Waals surface area contributed by atoms with Gasteiger partial charge in [0.1, 0.15) is 12.1 Å². The van der Waals surface area contributed by atoms with Gasteiger partial charge in [0.15, 0.2) is 10.8 Å². The minimum atomic E-state index is -0.676. The number of carbonyl (C=O) groups excluding carboxylic acids is 1. The van der Waals surface area contributed by atoms with Crippen molar-refractivity contribution in [3.8, 4) is 5.69 Å². The third-order valence-corrected chi connectivity index (χ3v) is 6.02. The summed E-state index contributed by atoms with van der Waals surface area (Å²) < 4.78 is 3.13. The van der Waals surface area contributed by atoms with E-state index in [1.54, 1.807) is 6.33 Å². The molecule has 3 rings (SSSR count).